The summed E-state index contributed by atoms with van der Waals surface area (Å²) in [6.45, 7) is 1.99. The van der Waals surface area contributed by atoms with Gasteiger partial charge in [-0.25, -0.2) is 13.1 Å². The first-order valence-electron chi connectivity index (χ1n) is 5.59. The highest BCUT2D eigenvalue weighted by atomic mass is 32.2. The second-order valence-corrected chi connectivity index (χ2v) is 6.02. The summed E-state index contributed by atoms with van der Waals surface area (Å²) < 4.78 is 26.1. The molecule has 0 saturated heterocycles. The van der Waals surface area contributed by atoms with Gasteiger partial charge in [0.1, 0.15) is 0 Å². The Balaban J connectivity index is 2.61. The van der Waals surface area contributed by atoms with E-state index in [2.05, 4.69) is 4.72 Å². The van der Waals surface area contributed by atoms with Crippen molar-refractivity contribution in [3.63, 3.8) is 0 Å². The van der Waals surface area contributed by atoms with Gasteiger partial charge in [0, 0.05) is 27.1 Å². The Morgan fingerprint density at radius 2 is 1.78 bits per heavy atom. The van der Waals surface area contributed by atoms with Gasteiger partial charge in [0.15, 0.2) is 0 Å². The maximum atomic E-state index is 11.9. The van der Waals surface area contributed by atoms with Crippen LogP contribution in [0.2, 0.25) is 0 Å². The molecule has 0 atom stereocenters. The van der Waals surface area contributed by atoms with Crippen LogP contribution in [0.5, 0.6) is 0 Å². The standard InChI is InChI=1S/C12H18N2O3S/c1-10-4-6-11(7-5-10)18(16,17)13-9-8-12(15)14(2)3/h4-7,13H,8-9H2,1-3H3. The van der Waals surface area contributed by atoms with Gasteiger partial charge < -0.3 is 4.90 Å². The van der Waals surface area contributed by atoms with Crippen molar-refractivity contribution in [2.45, 2.75) is 18.2 Å². The topological polar surface area (TPSA) is 66.5 Å². The predicted molar refractivity (Wildman–Crippen MR) is 69.7 cm³/mol. The lowest BCUT2D eigenvalue weighted by molar-refractivity contribution is -0.128. The fourth-order valence-corrected chi connectivity index (χ4v) is 2.35. The highest BCUT2D eigenvalue weighted by Crippen LogP contribution is 2.09. The Kier molecular flexibility index (Phi) is 4.86. The molecule has 1 N–H and O–H groups in total. The molecular formula is C12H18N2O3S. The van der Waals surface area contributed by atoms with Crippen LogP contribution in [0, 0.1) is 6.92 Å². The van der Waals surface area contributed by atoms with E-state index in [-0.39, 0.29) is 23.8 Å². The van der Waals surface area contributed by atoms with E-state index in [1.54, 1.807) is 38.4 Å². The third-order valence-electron chi connectivity index (χ3n) is 2.46. The van der Waals surface area contributed by atoms with Crippen molar-refractivity contribution < 1.29 is 13.2 Å². The molecule has 0 spiro atoms. The molecule has 6 heteroatoms. The van der Waals surface area contributed by atoms with E-state index in [1.165, 1.54) is 4.90 Å². The van der Waals surface area contributed by atoms with Gasteiger partial charge in [-0.2, -0.15) is 0 Å². The van der Waals surface area contributed by atoms with E-state index in [9.17, 15) is 13.2 Å². The molecule has 1 rings (SSSR count). The molecule has 0 heterocycles. The minimum absolute atomic E-state index is 0.104. The summed E-state index contributed by atoms with van der Waals surface area (Å²) in [4.78, 5) is 12.9. The zero-order chi connectivity index (χ0) is 13.8. The number of amides is 1. The van der Waals surface area contributed by atoms with Crippen LogP contribution in [0.25, 0.3) is 0 Å². The summed E-state index contributed by atoms with van der Waals surface area (Å²) in [7, 11) is -0.248. The molecule has 0 aromatic heterocycles. The van der Waals surface area contributed by atoms with Gasteiger partial charge in [0.2, 0.25) is 15.9 Å². The van der Waals surface area contributed by atoms with Crippen molar-refractivity contribution in [3.8, 4) is 0 Å². The minimum atomic E-state index is -3.52. The average Bonchev–Trinajstić information content (AvgIpc) is 2.29. The molecule has 5 nitrogen and oxygen atoms in total. The molecule has 0 bridgehead atoms. The number of rotatable bonds is 5. The molecule has 1 amide bonds. The Morgan fingerprint density at radius 1 is 1.22 bits per heavy atom. The normalized spacial score (nSPS) is 11.3. The number of benzene rings is 1. The third-order valence-corrected chi connectivity index (χ3v) is 3.94. The number of carbonyl (C=O) groups is 1. The van der Waals surface area contributed by atoms with Crippen LogP contribution in [-0.2, 0) is 14.8 Å². The minimum Gasteiger partial charge on any atom is -0.349 e. The van der Waals surface area contributed by atoms with Crippen LogP contribution in [0.4, 0.5) is 0 Å². The van der Waals surface area contributed by atoms with Crippen LogP contribution >= 0.6 is 0 Å². The summed E-state index contributed by atoms with van der Waals surface area (Å²) in [5.41, 5.74) is 0.997. The smallest absolute Gasteiger partial charge is 0.240 e. The van der Waals surface area contributed by atoms with E-state index in [0.29, 0.717) is 0 Å². The Hall–Kier alpha value is -1.40. The number of hydrogen-bond donors (Lipinski definition) is 1. The fraction of sp³-hybridized carbons (Fsp3) is 0.417. The van der Waals surface area contributed by atoms with Crippen LogP contribution in [0.3, 0.4) is 0 Å². The molecule has 100 valence electrons. The number of sulfonamides is 1. The Bertz CT molecular complexity index is 507. The Morgan fingerprint density at radius 3 is 2.28 bits per heavy atom. The van der Waals surface area contributed by atoms with Crippen molar-refractivity contribution in [3.05, 3.63) is 29.8 Å². The molecule has 0 radical (unpaired) electrons. The zero-order valence-corrected chi connectivity index (χ0v) is 11.6. The van der Waals surface area contributed by atoms with Crippen molar-refractivity contribution in [1.82, 2.24) is 9.62 Å². The predicted octanol–water partition coefficient (Wildman–Crippen LogP) is 0.752. The van der Waals surface area contributed by atoms with Crippen molar-refractivity contribution >= 4 is 15.9 Å². The summed E-state index contributed by atoms with van der Waals surface area (Å²) in [6.07, 6.45) is 0.151. The van der Waals surface area contributed by atoms with E-state index in [1.807, 2.05) is 6.92 Å². The van der Waals surface area contributed by atoms with E-state index >= 15 is 0 Å². The summed E-state index contributed by atoms with van der Waals surface area (Å²) in [5, 5.41) is 0. The van der Waals surface area contributed by atoms with Crippen LogP contribution in [0.15, 0.2) is 29.2 Å². The summed E-state index contributed by atoms with van der Waals surface area (Å²) >= 11 is 0. The van der Waals surface area contributed by atoms with Crippen LogP contribution in [-0.4, -0.2) is 39.9 Å². The first kappa shape index (κ1) is 14.7. The van der Waals surface area contributed by atoms with Crippen molar-refractivity contribution in [2.24, 2.45) is 0 Å². The van der Waals surface area contributed by atoms with Gasteiger partial charge >= 0.3 is 0 Å². The molecule has 0 unspecified atom stereocenters. The lowest BCUT2D eigenvalue weighted by atomic mass is 10.2. The van der Waals surface area contributed by atoms with Gasteiger partial charge in [0.25, 0.3) is 0 Å². The maximum Gasteiger partial charge on any atom is 0.240 e. The number of aryl methyl sites for hydroxylation is 1. The SMILES string of the molecule is Cc1ccc(S(=O)(=O)NCCC(=O)N(C)C)cc1. The molecule has 0 aliphatic carbocycles. The van der Waals surface area contributed by atoms with E-state index < -0.39 is 10.0 Å². The van der Waals surface area contributed by atoms with Crippen molar-refractivity contribution in [2.75, 3.05) is 20.6 Å². The second kappa shape index (κ2) is 5.97. The van der Waals surface area contributed by atoms with Gasteiger partial charge in [-0.15, -0.1) is 0 Å². The van der Waals surface area contributed by atoms with Gasteiger partial charge in [-0.1, -0.05) is 17.7 Å². The van der Waals surface area contributed by atoms with E-state index in [0.717, 1.165) is 5.56 Å². The molecule has 0 fully saturated rings. The molecule has 0 saturated carbocycles. The van der Waals surface area contributed by atoms with Gasteiger partial charge in [0.05, 0.1) is 4.90 Å². The maximum absolute atomic E-state index is 11.9. The monoisotopic (exact) mass is 270 g/mol. The van der Waals surface area contributed by atoms with Crippen molar-refractivity contribution in [1.29, 1.82) is 0 Å². The van der Waals surface area contributed by atoms with Crippen LogP contribution < -0.4 is 4.72 Å². The molecule has 1 aromatic rings. The quantitative estimate of drug-likeness (QED) is 0.858. The molecule has 18 heavy (non-hydrogen) atoms. The third kappa shape index (κ3) is 4.12. The van der Waals surface area contributed by atoms with E-state index in [4.69, 9.17) is 0 Å². The highest BCUT2D eigenvalue weighted by Gasteiger charge is 2.14. The fourth-order valence-electron chi connectivity index (χ4n) is 1.32. The average molecular weight is 270 g/mol. The number of nitrogens with zero attached hydrogens (tertiary/aromatic N) is 1. The van der Waals surface area contributed by atoms with Crippen LogP contribution in [0.1, 0.15) is 12.0 Å². The van der Waals surface area contributed by atoms with Gasteiger partial charge in [-0.05, 0) is 19.1 Å². The first-order chi connectivity index (χ1) is 8.33. The second-order valence-electron chi connectivity index (χ2n) is 4.25. The van der Waals surface area contributed by atoms with Gasteiger partial charge in [-0.3, -0.25) is 4.79 Å². The zero-order valence-electron chi connectivity index (χ0n) is 10.8. The number of carbonyl (C=O) groups excluding carboxylic acids is 1. The first-order valence-corrected chi connectivity index (χ1v) is 7.08. The number of nitrogens with one attached hydrogen (secondary N) is 1. The lowest BCUT2D eigenvalue weighted by Crippen LogP contribution is -2.30. The molecular weight excluding hydrogens is 252 g/mol. The summed E-state index contributed by atoms with van der Waals surface area (Å²) in [6, 6.07) is 6.57. The molecule has 0 aliphatic heterocycles. The lowest BCUT2D eigenvalue weighted by Gasteiger charge is -2.11. The molecule has 0 aliphatic rings. The number of hydrogen-bond acceptors (Lipinski definition) is 3. The Labute approximate surface area is 108 Å². The molecule has 1 aromatic carbocycles. The summed E-state index contributed by atoms with van der Waals surface area (Å²) in [5.74, 6) is -0.110. The highest BCUT2D eigenvalue weighted by molar-refractivity contribution is 7.89. The largest absolute Gasteiger partial charge is 0.349 e.